The lowest BCUT2D eigenvalue weighted by molar-refractivity contribution is 0.0920. The summed E-state index contributed by atoms with van der Waals surface area (Å²) in [4.78, 5) is 12.4. The fourth-order valence-electron chi connectivity index (χ4n) is 2.79. The number of nitrogens with zero attached hydrogens (tertiary/aromatic N) is 1. The standard InChI is InChI=1S/C16H19BrN4O/c17-13-14(10-4-2-1-3-5-10)20-21-15(13)16(22)19-12-8-6-11(18)7-9-12/h1-5,11-12H,6-9,18H2,(H,19,22)(H,20,21). The van der Waals surface area contributed by atoms with E-state index in [1.165, 1.54) is 0 Å². The maximum absolute atomic E-state index is 12.4. The van der Waals surface area contributed by atoms with Gasteiger partial charge in [-0.05, 0) is 41.6 Å². The van der Waals surface area contributed by atoms with Crippen LogP contribution < -0.4 is 11.1 Å². The van der Waals surface area contributed by atoms with Gasteiger partial charge in [-0.15, -0.1) is 0 Å². The van der Waals surface area contributed by atoms with Crippen molar-refractivity contribution in [3.8, 4) is 11.3 Å². The van der Waals surface area contributed by atoms with Crippen LogP contribution in [0.5, 0.6) is 0 Å². The predicted octanol–water partition coefficient (Wildman–Crippen LogP) is 2.84. The Kier molecular flexibility index (Phi) is 4.59. The molecule has 2 aromatic rings. The second-order valence-corrected chi connectivity index (χ2v) is 6.51. The molecule has 1 amide bonds. The first-order valence-electron chi connectivity index (χ1n) is 7.51. The predicted molar refractivity (Wildman–Crippen MR) is 89.4 cm³/mol. The number of halogens is 1. The van der Waals surface area contributed by atoms with Gasteiger partial charge in [0.15, 0.2) is 0 Å². The van der Waals surface area contributed by atoms with Gasteiger partial charge in [-0.25, -0.2) is 0 Å². The van der Waals surface area contributed by atoms with Crippen molar-refractivity contribution in [2.24, 2.45) is 5.73 Å². The van der Waals surface area contributed by atoms with E-state index in [0.29, 0.717) is 10.2 Å². The van der Waals surface area contributed by atoms with Crippen molar-refractivity contribution >= 4 is 21.8 Å². The summed E-state index contributed by atoms with van der Waals surface area (Å²) in [5.41, 5.74) is 8.07. The minimum absolute atomic E-state index is 0.123. The van der Waals surface area contributed by atoms with Crippen molar-refractivity contribution in [2.45, 2.75) is 37.8 Å². The third-order valence-electron chi connectivity index (χ3n) is 4.09. The van der Waals surface area contributed by atoms with Gasteiger partial charge < -0.3 is 11.1 Å². The topological polar surface area (TPSA) is 83.8 Å². The Balaban J connectivity index is 1.73. The normalized spacial score (nSPS) is 21.5. The van der Waals surface area contributed by atoms with Gasteiger partial charge in [0.05, 0.1) is 4.47 Å². The van der Waals surface area contributed by atoms with Gasteiger partial charge in [-0.1, -0.05) is 30.3 Å². The first-order valence-corrected chi connectivity index (χ1v) is 8.30. The van der Waals surface area contributed by atoms with Gasteiger partial charge in [0.25, 0.3) is 5.91 Å². The zero-order valence-corrected chi connectivity index (χ0v) is 13.8. The molecule has 0 aliphatic heterocycles. The molecule has 1 saturated carbocycles. The molecule has 5 nitrogen and oxygen atoms in total. The fourth-order valence-corrected chi connectivity index (χ4v) is 3.37. The lowest BCUT2D eigenvalue weighted by Crippen LogP contribution is -2.40. The number of carbonyl (C=O) groups is 1. The van der Waals surface area contributed by atoms with Crippen molar-refractivity contribution in [1.82, 2.24) is 15.5 Å². The number of nitrogens with two attached hydrogens (primary N) is 1. The number of benzene rings is 1. The molecule has 22 heavy (non-hydrogen) atoms. The number of aromatic amines is 1. The monoisotopic (exact) mass is 362 g/mol. The van der Waals surface area contributed by atoms with Gasteiger partial charge in [0.2, 0.25) is 0 Å². The van der Waals surface area contributed by atoms with E-state index in [2.05, 4.69) is 31.4 Å². The van der Waals surface area contributed by atoms with Gasteiger partial charge in [-0.3, -0.25) is 9.89 Å². The number of amides is 1. The molecule has 1 aliphatic carbocycles. The molecule has 0 bridgehead atoms. The van der Waals surface area contributed by atoms with Gasteiger partial charge in [-0.2, -0.15) is 5.10 Å². The van der Waals surface area contributed by atoms with Crippen LogP contribution in [-0.2, 0) is 0 Å². The summed E-state index contributed by atoms with van der Waals surface area (Å²) in [7, 11) is 0. The summed E-state index contributed by atoms with van der Waals surface area (Å²) in [5.74, 6) is -0.123. The lowest BCUT2D eigenvalue weighted by atomic mass is 9.92. The van der Waals surface area contributed by atoms with Crippen molar-refractivity contribution in [3.63, 3.8) is 0 Å². The highest BCUT2D eigenvalue weighted by atomic mass is 79.9. The number of aromatic nitrogens is 2. The Hall–Kier alpha value is -1.66. The van der Waals surface area contributed by atoms with E-state index in [1.807, 2.05) is 30.3 Å². The number of rotatable bonds is 3. The molecule has 116 valence electrons. The number of H-pyrrole nitrogens is 1. The van der Waals surface area contributed by atoms with Crippen LogP contribution in [0, 0.1) is 0 Å². The minimum Gasteiger partial charge on any atom is -0.348 e. The molecule has 1 heterocycles. The van der Waals surface area contributed by atoms with E-state index in [4.69, 9.17) is 5.73 Å². The maximum atomic E-state index is 12.4. The van der Waals surface area contributed by atoms with E-state index < -0.39 is 0 Å². The molecule has 1 aromatic carbocycles. The van der Waals surface area contributed by atoms with Crippen LogP contribution in [0.2, 0.25) is 0 Å². The van der Waals surface area contributed by atoms with Crippen LogP contribution in [0.4, 0.5) is 0 Å². The fraction of sp³-hybridized carbons (Fsp3) is 0.375. The van der Waals surface area contributed by atoms with Gasteiger partial charge >= 0.3 is 0 Å². The molecular formula is C16H19BrN4O. The second kappa shape index (κ2) is 6.62. The van der Waals surface area contributed by atoms with Crippen LogP contribution in [0.3, 0.4) is 0 Å². The zero-order chi connectivity index (χ0) is 15.5. The number of nitrogens with one attached hydrogen (secondary N) is 2. The number of carbonyl (C=O) groups excluding carboxylic acids is 1. The number of hydrogen-bond donors (Lipinski definition) is 3. The maximum Gasteiger partial charge on any atom is 0.270 e. The highest BCUT2D eigenvalue weighted by Crippen LogP contribution is 2.29. The van der Waals surface area contributed by atoms with Crippen LogP contribution in [0.25, 0.3) is 11.3 Å². The molecule has 0 radical (unpaired) electrons. The molecule has 6 heteroatoms. The molecule has 1 aromatic heterocycles. The first kappa shape index (κ1) is 15.2. The van der Waals surface area contributed by atoms with Gasteiger partial charge in [0.1, 0.15) is 11.4 Å². The zero-order valence-electron chi connectivity index (χ0n) is 12.2. The Morgan fingerprint density at radius 1 is 1.23 bits per heavy atom. The van der Waals surface area contributed by atoms with E-state index in [-0.39, 0.29) is 18.0 Å². The Morgan fingerprint density at radius 2 is 1.91 bits per heavy atom. The van der Waals surface area contributed by atoms with Crippen molar-refractivity contribution < 1.29 is 4.79 Å². The summed E-state index contributed by atoms with van der Waals surface area (Å²) in [6, 6.07) is 10.2. The highest BCUT2D eigenvalue weighted by Gasteiger charge is 2.23. The molecule has 1 aliphatic rings. The molecule has 4 N–H and O–H groups in total. The average molecular weight is 363 g/mol. The van der Waals surface area contributed by atoms with Crippen molar-refractivity contribution in [1.29, 1.82) is 0 Å². The first-order chi connectivity index (χ1) is 10.6. The van der Waals surface area contributed by atoms with Crippen LogP contribution >= 0.6 is 15.9 Å². The summed E-state index contributed by atoms with van der Waals surface area (Å²) < 4.78 is 0.698. The van der Waals surface area contributed by atoms with Gasteiger partial charge in [0, 0.05) is 17.6 Å². The van der Waals surface area contributed by atoms with Crippen LogP contribution in [-0.4, -0.2) is 28.2 Å². The quantitative estimate of drug-likeness (QED) is 0.784. The lowest BCUT2D eigenvalue weighted by Gasteiger charge is -2.26. The summed E-state index contributed by atoms with van der Waals surface area (Å²) in [6.45, 7) is 0. The van der Waals surface area contributed by atoms with Crippen molar-refractivity contribution in [2.75, 3.05) is 0 Å². The molecule has 1 fully saturated rings. The smallest absolute Gasteiger partial charge is 0.270 e. The highest BCUT2D eigenvalue weighted by molar-refractivity contribution is 9.10. The third-order valence-corrected chi connectivity index (χ3v) is 4.86. The third kappa shape index (κ3) is 3.23. The van der Waals surface area contributed by atoms with Crippen LogP contribution in [0.15, 0.2) is 34.8 Å². The molecular weight excluding hydrogens is 344 g/mol. The Labute approximate surface area is 137 Å². The SMILES string of the molecule is NC1CCC(NC(=O)c2[nH]nc(-c3ccccc3)c2Br)CC1. The Bertz CT molecular complexity index is 647. The largest absolute Gasteiger partial charge is 0.348 e. The molecule has 0 spiro atoms. The summed E-state index contributed by atoms with van der Waals surface area (Å²) in [6.07, 6.45) is 3.79. The van der Waals surface area contributed by atoms with Crippen LogP contribution in [0.1, 0.15) is 36.2 Å². The molecule has 0 atom stereocenters. The van der Waals surface area contributed by atoms with E-state index in [0.717, 1.165) is 36.9 Å². The molecule has 0 saturated heterocycles. The van der Waals surface area contributed by atoms with Crippen molar-refractivity contribution in [3.05, 3.63) is 40.5 Å². The number of hydrogen-bond acceptors (Lipinski definition) is 3. The Morgan fingerprint density at radius 3 is 2.59 bits per heavy atom. The van der Waals surface area contributed by atoms with E-state index >= 15 is 0 Å². The van der Waals surface area contributed by atoms with E-state index in [1.54, 1.807) is 0 Å². The minimum atomic E-state index is -0.123. The molecule has 0 unspecified atom stereocenters. The summed E-state index contributed by atoms with van der Waals surface area (Å²) >= 11 is 3.49. The van der Waals surface area contributed by atoms with E-state index in [9.17, 15) is 4.79 Å². The second-order valence-electron chi connectivity index (χ2n) is 5.71. The molecule has 3 rings (SSSR count). The summed E-state index contributed by atoms with van der Waals surface area (Å²) in [5, 5.41) is 10.2. The average Bonchev–Trinajstić information content (AvgIpc) is 2.92.